The van der Waals surface area contributed by atoms with Crippen molar-refractivity contribution in [3.63, 3.8) is 0 Å². The van der Waals surface area contributed by atoms with Crippen molar-refractivity contribution in [3.8, 4) is 0 Å². The van der Waals surface area contributed by atoms with Gasteiger partial charge in [-0.1, -0.05) is 18.6 Å². The van der Waals surface area contributed by atoms with Crippen LogP contribution < -0.4 is 5.32 Å². The Morgan fingerprint density at radius 1 is 1.15 bits per heavy atom. The Labute approximate surface area is 87.7 Å². The maximum atomic E-state index is 3.81. The molecule has 1 aliphatic heterocycles. The fourth-order valence-corrected chi connectivity index (χ4v) is 2.01. The van der Waals surface area contributed by atoms with Crippen LogP contribution in [0.2, 0.25) is 0 Å². The minimum atomic E-state index is 0. The van der Waals surface area contributed by atoms with E-state index >= 15 is 0 Å². The summed E-state index contributed by atoms with van der Waals surface area (Å²) in [6, 6.07) is 0. The molecule has 0 aliphatic carbocycles. The second-order valence-electron chi connectivity index (χ2n) is 3.65. The Hall–Kier alpha value is -0.270. The molecule has 1 aliphatic rings. The Balaban J connectivity index is 0.00000144. The molecule has 0 saturated carbocycles. The average Bonchev–Trinajstić information content (AvgIpc) is 2.07. The third-order valence-electron chi connectivity index (χ3n) is 2.65. The van der Waals surface area contributed by atoms with Gasteiger partial charge in [0.05, 0.1) is 0 Å². The molecule has 1 saturated heterocycles. The Kier molecular flexibility index (Phi) is 6.10. The van der Waals surface area contributed by atoms with E-state index < -0.39 is 0 Å². The zero-order valence-corrected chi connectivity index (χ0v) is 9.04. The van der Waals surface area contributed by atoms with E-state index in [1.165, 1.54) is 19.3 Å². The van der Waals surface area contributed by atoms with Gasteiger partial charge in [0.1, 0.15) is 0 Å². The molecule has 0 radical (unpaired) electrons. The second kappa shape index (κ2) is 6.22. The molecule has 13 heavy (non-hydrogen) atoms. The highest BCUT2D eigenvalue weighted by molar-refractivity contribution is 5.85. The number of halogens is 1. The highest BCUT2D eigenvalue weighted by Crippen LogP contribution is 2.26. The van der Waals surface area contributed by atoms with Gasteiger partial charge in [0.25, 0.3) is 0 Å². The molecule has 0 aromatic carbocycles. The molecule has 0 amide bonds. The first kappa shape index (κ1) is 12.7. The summed E-state index contributed by atoms with van der Waals surface area (Å²) in [5.74, 6) is 0. The van der Waals surface area contributed by atoms with Gasteiger partial charge in [0, 0.05) is 5.54 Å². The van der Waals surface area contributed by atoms with Crippen molar-refractivity contribution in [1.82, 2.24) is 5.32 Å². The number of hydrogen-bond acceptors (Lipinski definition) is 1. The maximum absolute atomic E-state index is 3.81. The van der Waals surface area contributed by atoms with Gasteiger partial charge < -0.3 is 5.32 Å². The summed E-state index contributed by atoms with van der Waals surface area (Å²) in [5.41, 5.74) is 0.293. The molecule has 0 aromatic heterocycles. The third kappa shape index (κ3) is 3.53. The minimum absolute atomic E-state index is 0. The zero-order valence-electron chi connectivity index (χ0n) is 8.22. The topological polar surface area (TPSA) is 12.0 Å². The van der Waals surface area contributed by atoms with Gasteiger partial charge >= 0.3 is 0 Å². The predicted octanol–water partition coefficient (Wildman–Crippen LogP) is 3.07. The van der Waals surface area contributed by atoms with Crippen molar-refractivity contribution < 1.29 is 0 Å². The smallest absolute Gasteiger partial charge is 0.0250 e. The average molecular weight is 202 g/mol. The molecule has 0 unspecified atom stereocenters. The Morgan fingerprint density at radius 2 is 1.77 bits per heavy atom. The van der Waals surface area contributed by atoms with Gasteiger partial charge in [0.2, 0.25) is 0 Å². The lowest BCUT2D eigenvalue weighted by atomic mass is 9.83. The second-order valence-corrected chi connectivity index (χ2v) is 3.65. The van der Waals surface area contributed by atoms with Gasteiger partial charge in [-0.05, 0) is 32.2 Å². The molecule has 76 valence electrons. The molecule has 1 heterocycles. The molecule has 1 N–H and O–H groups in total. The molecule has 0 atom stereocenters. The van der Waals surface area contributed by atoms with E-state index in [1.54, 1.807) is 0 Å². The summed E-state index contributed by atoms with van der Waals surface area (Å²) in [5, 5.41) is 3.59. The van der Waals surface area contributed by atoms with Gasteiger partial charge in [-0.2, -0.15) is 0 Å². The van der Waals surface area contributed by atoms with Crippen LogP contribution in [0, 0.1) is 0 Å². The number of piperidine rings is 1. The quantitative estimate of drug-likeness (QED) is 0.690. The molecular weight excluding hydrogens is 182 g/mol. The van der Waals surface area contributed by atoms with E-state index in [1.807, 2.05) is 12.2 Å². The van der Waals surface area contributed by atoms with Crippen LogP contribution in [0.4, 0.5) is 0 Å². The normalized spacial score (nSPS) is 20.0. The largest absolute Gasteiger partial charge is 0.311 e. The molecule has 0 spiro atoms. The van der Waals surface area contributed by atoms with Gasteiger partial charge in [0.15, 0.2) is 0 Å². The Morgan fingerprint density at radius 3 is 2.15 bits per heavy atom. The highest BCUT2D eigenvalue weighted by atomic mass is 35.5. The number of hydrogen-bond donors (Lipinski definition) is 1. The fourth-order valence-electron chi connectivity index (χ4n) is 2.01. The molecule has 1 rings (SSSR count). The highest BCUT2D eigenvalue weighted by Gasteiger charge is 2.28. The minimum Gasteiger partial charge on any atom is -0.311 e. The van der Waals surface area contributed by atoms with Crippen LogP contribution in [0.15, 0.2) is 25.3 Å². The van der Waals surface area contributed by atoms with Crippen LogP contribution in [0.5, 0.6) is 0 Å². The van der Waals surface area contributed by atoms with E-state index in [0.29, 0.717) is 5.54 Å². The number of nitrogens with one attached hydrogen (secondary N) is 1. The maximum Gasteiger partial charge on any atom is 0.0250 e. The van der Waals surface area contributed by atoms with Crippen LogP contribution >= 0.6 is 12.4 Å². The van der Waals surface area contributed by atoms with E-state index in [-0.39, 0.29) is 12.4 Å². The first-order valence-corrected chi connectivity index (χ1v) is 4.80. The van der Waals surface area contributed by atoms with Crippen LogP contribution in [-0.2, 0) is 0 Å². The van der Waals surface area contributed by atoms with E-state index in [0.717, 1.165) is 19.4 Å². The van der Waals surface area contributed by atoms with Crippen molar-refractivity contribution in [1.29, 1.82) is 0 Å². The summed E-state index contributed by atoms with van der Waals surface area (Å²) >= 11 is 0. The molecule has 1 nitrogen and oxygen atoms in total. The lowest BCUT2D eigenvalue weighted by Crippen LogP contribution is -2.47. The standard InChI is InChI=1S/C11H19N.ClH/c1-3-7-11(8-4-2)9-5-6-10-12-11;/h3-4,12H,1-2,5-10H2;1H. The summed E-state index contributed by atoms with van der Waals surface area (Å²) in [4.78, 5) is 0. The molecule has 2 heteroatoms. The predicted molar refractivity (Wildman–Crippen MR) is 61.5 cm³/mol. The Bertz CT molecular complexity index is 147. The lowest BCUT2D eigenvalue weighted by Gasteiger charge is -2.37. The first-order valence-electron chi connectivity index (χ1n) is 4.80. The SMILES string of the molecule is C=CCC1(CC=C)CCCCN1.Cl. The van der Waals surface area contributed by atoms with Crippen LogP contribution in [0.3, 0.4) is 0 Å². The van der Waals surface area contributed by atoms with Crippen molar-refractivity contribution in [2.24, 2.45) is 0 Å². The lowest BCUT2D eigenvalue weighted by molar-refractivity contribution is 0.258. The fraction of sp³-hybridized carbons (Fsp3) is 0.636. The summed E-state index contributed by atoms with van der Waals surface area (Å²) < 4.78 is 0. The molecule has 0 aromatic rings. The summed E-state index contributed by atoms with van der Waals surface area (Å²) in [6.07, 6.45) is 10.1. The third-order valence-corrected chi connectivity index (χ3v) is 2.65. The zero-order chi connectivity index (χ0) is 8.86. The van der Waals surface area contributed by atoms with E-state index in [4.69, 9.17) is 0 Å². The number of rotatable bonds is 4. The molecular formula is C11H20ClN. The van der Waals surface area contributed by atoms with Crippen molar-refractivity contribution >= 4 is 12.4 Å². The van der Waals surface area contributed by atoms with Gasteiger partial charge in [-0.25, -0.2) is 0 Å². The van der Waals surface area contributed by atoms with Gasteiger partial charge in [-0.3, -0.25) is 0 Å². The van der Waals surface area contributed by atoms with E-state index in [9.17, 15) is 0 Å². The molecule has 1 fully saturated rings. The van der Waals surface area contributed by atoms with Crippen LogP contribution in [0.1, 0.15) is 32.1 Å². The first-order chi connectivity index (χ1) is 5.83. The van der Waals surface area contributed by atoms with Crippen molar-refractivity contribution in [3.05, 3.63) is 25.3 Å². The van der Waals surface area contributed by atoms with Crippen LogP contribution in [-0.4, -0.2) is 12.1 Å². The van der Waals surface area contributed by atoms with E-state index in [2.05, 4.69) is 18.5 Å². The van der Waals surface area contributed by atoms with Crippen molar-refractivity contribution in [2.75, 3.05) is 6.54 Å². The summed E-state index contributed by atoms with van der Waals surface area (Å²) in [7, 11) is 0. The monoisotopic (exact) mass is 201 g/mol. The van der Waals surface area contributed by atoms with Crippen molar-refractivity contribution in [2.45, 2.75) is 37.6 Å². The van der Waals surface area contributed by atoms with Gasteiger partial charge in [-0.15, -0.1) is 25.6 Å². The molecule has 0 bridgehead atoms. The summed E-state index contributed by atoms with van der Waals surface area (Å²) in [6.45, 7) is 8.77. The van der Waals surface area contributed by atoms with Crippen LogP contribution in [0.25, 0.3) is 0 Å².